The molecule has 2 unspecified atom stereocenters. The van der Waals surface area contributed by atoms with Crippen molar-refractivity contribution >= 4 is 35.4 Å². The summed E-state index contributed by atoms with van der Waals surface area (Å²) in [5, 5.41) is 0.0640. The number of anilines is 1. The summed E-state index contributed by atoms with van der Waals surface area (Å²) in [6, 6.07) is 4.93. The summed E-state index contributed by atoms with van der Waals surface area (Å²) < 4.78 is 13.5. The number of benzene rings is 1. The van der Waals surface area contributed by atoms with Crippen molar-refractivity contribution in [1.29, 1.82) is 0 Å². The summed E-state index contributed by atoms with van der Waals surface area (Å²) >= 11 is 7.50. The Morgan fingerprint density at radius 2 is 2.04 bits per heavy atom. The third-order valence-electron chi connectivity index (χ3n) is 5.55. The second-order valence-corrected chi connectivity index (χ2v) is 8.94. The molecule has 0 radical (unpaired) electrons. The van der Waals surface area contributed by atoms with Crippen molar-refractivity contribution in [2.75, 3.05) is 24.5 Å². The lowest BCUT2D eigenvalue weighted by Crippen LogP contribution is -2.49. The average molecular weight is 425 g/mol. The van der Waals surface area contributed by atoms with Crippen LogP contribution in [0.1, 0.15) is 26.2 Å². The molecule has 1 fully saturated rings. The minimum absolute atomic E-state index is 0.0640. The van der Waals surface area contributed by atoms with Crippen molar-refractivity contribution in [3.63, 3.8) is 0 Å². The first-order valence-corrected chi connectivity index (χ1v) is 11.0. The summed E-state index contributed by atoms with van der Waals surface area (Å²) in [7, 11) is 0. The number of nitrogens with zero attached hydrogens (tertiary/aromatic N) is 4. The molecule has 9 heteroatoms. The van der Waals surface area contributed by atoms with Crippen LogP contribution in [-0.4, -0.2) is 53.5 Å². The van der Waals surface area contributed by atoms with E-state index in [1.54, 1.807) is 35.1 Å². The van der Waals surface area contributed by atoms with E-state index < -0.39 is 12.0 Å². The first-order chi connectivity index (χ1) is 13.5. The first kappa shape index (κ1) is 20.0. The van der Waals surface area contributed by atoms with Crippen LogP contribution in [0.25, 0.3) is 0 Å². The summed E-state index contributed by atoms with van der Waals surface area (Å²) in [6.07, 6.45) is 4.61. The Hall–Kier alpha value is -1.32. The minimum atomic E-state index is -0.453. The van der Waals surface area contributed by atoms with Crippen LogP contribution >= 0.6 is 23.4 Å². The van der Waals surface area contributed by atoms with Gasteiger partial charge in [0.1, 0.15) is 23.3 Å². The number of aliphatic imine (C=N–C) groups is 1. The second kappa shape index (κ2) is 8.20. The van der Waals surface area contributed by atoms with Gasteiger partial charge in [-0.05, 0) is 44.0 Å². The molecule has 0 bridgehead atoms. The van der Waals surface area contributed by atoms with Gasteiger partial charge in [0, 0.05) is 24.8 Å². The number of rotatable bonds is 4. The molecule has 4 rings (SSSR count). The van der Waals surface area contributed by atoms with E-state index in [0.29, 0.717) is 11.7 Å². The molecule has 0 spiro atoms. The number of hydrogen-bond acceptors (Lipinski definition) is 7. The fourth-order valence-electron chi connectivity index (χ4n) is 4.13. The molecular weight excluding hydrogens is 399 g/mol. The molecule has 1 aromatic rings. The molecule has 0 aliphatic carbocycles. The van der Waals surface area contributed by atoms with Crippen LogP contribution in [0.3, 0.4) is 0 Å². The summed E-state index contributed by atoms with van der Waals surface area (Å²) in [4.78, 5) is 12.2. The van der Waals surface area contributed by atoms with Crippen molar-refractivity contribution in [2.24, 2.45) is 16.5 Å². The van der Waals surface area contributed by atoms with Crippen LogP contribution in [-0.2, 0) is 0 Å². The Kier molecular flexibility index (Phi) is 5.85. The van der Waals surface area contributed by atoms with Gasteiger partial charge in [0.15, 0.2) is 0 Å². The number of nitrogens with two attached hydrogens (primary N) is 2. The SMILES string of the molecule is CCCN1CCC(N2C3=C(SC2N)C(N)N(c2ccc(F)c(Cl)c2)C=N3)CC1. The third kappa shape index (κ3) is 3.64. The number of thioether (sulfide) groups is 1. The minimum Gasteiger partial charge on any atom is -0.328 e. The molecule has 28 heavy (non-hydrogen) atoms. The van der Waals surface area contributed by atoms with E-state index in [-0.39, 0.29) is 10.5 Å². The van der Waals surface area contributed by atoms with Crippen LogP contribution in [0.15, 0.2) is 33.9 Å². The van der Waals surface area contributed by atoms with E-state index in [1.165, 1.54) is 12.5 Å². The Morgan fingerprint density at radius 3 is 2.71 bits per heavy atom. The molecular formula is C19H26ClFN6S. The topological polar surface area (TPSA) is 74.1 Å². The number of likely N-dealkylation sites (tertiary alicyclic amines) is 1. The number of hydrogen-bond donors (Lipinski definition) is 2. The van der Waals surface area contributed by atoms with E-state index in [4.69, 9.17) is 23.1 Å². The molecule has 4 N–H and O–H groups in total. The van der Waals surface area contributed by atoms with Gasteiger partial charge in [-0.15, -0.1) is 0 Å². The predicted molar refractivity (Wildman–Crippen MR) is 115 cm³/mol. The highest BCUT2D eigenvalue weighted by molar-refractivity contribution is 8.03. The van der Waals surface area contributed by atoms with Gasteiger partial charge >= 0.3 is 0 Å². The zero-order valence-corrected chi connectivity index (χ0v) is 17.5. The van der Waals surface area contributed by atoms with Crippen molar-refractivity contribution in [2.45, 2.75) is 43.9 Å². The Morgan fingerprint density at radius 1 is 1.29 bits per heavy atom. The van der Waals surface area contributed by atoms with Gasteiger partial charge in [-0.1, -0.05) is 30.3 Å². The average Bonchev–Trinajstić information content (AvgIpc) is 3.02. The van der Waals surface area contributed by atoms with Gasteiger partial charge in [0.05, 0.1) is 16.3 Å². The molecule has 3 aliphatic heterocycles. The highest BCUT2D eigenvalue weighted by Gasteiger charge is 2.41. The van der Waals surface area contributed by atoms with Crippen LogP contribution in [0, 0.1) is 5.82 Å². The van der Waals surface area contributed by atoms with Crippen LogP contribution < -0.4 is 16.4 Å². The summed E-state index contributed by atoms with van der Waals surface area (Å²) in [5.41, 5.74) is 13.5. The summed E-state index contributed by atoms with van der Waals surface area (Å²) in [6.45, 7) is 5.55. The summed E-state index contributed by atoms with van der Waals surface area (Å²) in [5.74, 6) is 0.425. The number of halogens is 2. The van der Waals surface area contributed by atoms with Gasteiger partial charge in [-0.3, -0.25) is 0 Å². The van der Waals surface area contributed by atoms with Gasteiger partial charge in [0.25, 0.3) is 0 Å². The van der Waals surface area contributed by atoms with Crippen molar-refractivity contribution < 1.29 is 4.39 Å². The smallest absolute Gasteiger partial charge is 0.145 e. The van der Waals surface area contributed by atoms with Gasteiger partial charge in [-0.25, -0.2) is 9.38 Å². The largest absolute Gasteiger partial charge is 0.328 e. The molecule has 0 amide bonds. The van der Waals surface area contributed by atoms with E-state index in [2.05, 4.69) is 21.7 Å². The van der Waals surface area contributed by atoms with Crippen molar-refractivity contribution in [1.82, 2.24) is 9.80 Å². The monoisotopic (exact) mass is 424 g/mol. The zero-order chi connectivity index (χ0) is 19.8. The van der Waals surface area contributed by atoms with Crippen molar-refractivity contribution in [3.8, 4) is 0 Å². The first-order valence-electron chi connectivity index (χ1n) is 9.70. The lowest BCUT2D eigenvalue weighted by atomic mass is 10.0. The van der Waals surface area contributed by atoms with Gasteiger partial charge < -0.3 is 26.2 Å². The second-order valence-electron chi connectivity index (χ2n) is 7.37. The maximum Gasteiger partial charge on any atom is 0.145 e. The Labute approximate surface area is 174 Å². The van der Waals surface area contributed by atoms with Gasteiger partial charge in [0.2, 0.25) is 0 Å². The Balaban J connectivity index is 1.52. The molecule has 3 aliphatic rings. The van der Waals surface area contributed by atoms with Gasteiger partial charge in [-0.2, -0.15) is 0 Å². The third-order valence-corrected chi connectivity index (χ3v) is 6.99. The molecule has 0 aromatic heterocycles. The molecule has 1 saturated heterocycles. The molecule has 6 nitrogen and oxygen atoms in total. The van der Waals surface area contributed by atoms with Crippen molar-refractivity contribution in [3.05, 3.63) is 39.8 Å². The molecule has 152 valence electrons. The molecule has 0 saturated carbocycles. The van der Waals surface area contributed by atoms with E-state index >= 15 is 0 Å². The standard InChI is InChI=1S/C19H26ClFN6S/c1-2-7-25-8-5-12(6-9-25)27-18-16(28-19(27)23)17(22)26(11-24-18)13-3-4-15(21)14(20)10-13/h3-4,10-12,17,19H,2,5-9,22-23H2,1H3. The quantitative estimate of drug-likeness (QED) is 0.774. The Bertz CT molecular complexity index is 795. The fourth-order valence-corrected chi connectivity index (χ4v) is 5.46. The predicted octanol–water partition coefficient (Wildman–Crippen LogP) is 2.95. The normalized spacial score (nSPS) is 26.3. The lowest BCUT2D eigenvalue weighted by Gasteiger charge is -2.40. The lowest BCUT2D eigenvalue weighted by molar-refractivity contribution is 0.128. The number of piperidine rings is 1. The van der Waals surface area contributed by atoms with E-state index in [0.717, 1.165) is 43.2 Å². The van der Waals surface area contributed by atoms with E-state index in [1.807, 2.05) is 0 Å². The highest BCUT2D eigenvalue weighted by atomic mass is 35.5. The van der Waals surface area contributed by atoms with Crippen LogP contribution in [0.2, 0.25) is 5.02 Å². The van der Waals surface area contributed by atoms with Crippen LogP contribution in [0.4, 0.5) is 10.1 Å². The molecule has 2 atom stereocenters. The molecule has 1 aromatic carbocycles. The van der Waals surface area contributed by atoms with E-state index in [9.17, 15) is 4.39 Å². The fraction of sp³-hybridized carbons (Fsp3) is 0.526. The maximum absolute atomic E-state index is 13.5. The molecule has 3 heterocycles. The zero-order valence-electron chi connectivity index (χ0n) is 15.9. The van der Waals surface area contributed by atoms with Crippen LogP contribution in [0.5, 0.6) is 0 Å². The maximum atomic E-state index is 13.5. The highest BCUT2D eigenvalue weighted by Crippen LogP contribution is 2.43.